The summed E-state index contributed by atoms with van der Waals surface area (Å²) in [4.78, 5) is 29.3. The number of nitrogens with one attached hydrogen (secondary N) is 2. The monoisotopic (exact) mass is 619 g/mol. The predicted molar refractivity (Wildman–Crippen MR) is 168 cm³/mol. The fourth-order valence-electron chi connectivity index (χ4n) is 4.47. The summed E-state index contributed by atoms with van der Waals surface area (Å²) in [6.45, 7) is 4.10. The molecule has 0 aliphatic carbocycles. The number of carbonyl (C=O) groups excluding carboxylic acids is 2. The molecule has 1 heterocycles. The number of esters is 1. The Morgan fingerprint density at radius 3 is 2.50 bits per heavy atom. The molecule has 10 heteroatoms. The van der Waals surface area contributed by atoms with Crippen molar-refractivity contribution in [3.8, 4) is 22.6 Å². The normalized spacial score (nSPS) is 11.2. The number of aromatic amines is 1. The second kappa shape index (κ2) is 12.7. The molecule has 0 radical (unpaired) electrons. The average molecular weight is 621 g/mol. The highest BCUT2D eigenvalue weighted by molar-refractivity contribution is 6.36. The maximum Gasteiger partial charge on any atom is 0.345 e. The molecular weight excluding hydrogens is 597 g/mol. The van der Waals surface area contributed by atoms with E-state index in [0.717, 1.165) is 22.0 Å². The van der Waals surface area contributed by atoms with Crippen molar-refractivity contribution in [3.63, 3.8) is 0 Å². The molecular formula is C32H24Cl3N3O4. The number of fused-ring (bicyclic) bond motifs is 1. The highest BCUT2D eigenvalue weighted by atomic mass is 35.5. The fourth-order valence-corrected chi connectivity index (χ4v) is 5.18. The van der Waals surface area contributed by atoms with Crippen molar-refractivity contribution >= 4 is 63.8 Å². The van der Waals surface area contributed by atoms with Crippen LogP contribution >= 0.6 is 34.8 Å². The van der Waals surface area contributed by atoms with Crippen LogP contribution in [0, 0.1) is 6.92 Å². The summed E-state index contributed by atoms with van der Waals surface area (Å²) in [5, 5.41) is 6.14. The molecule has 0 atom stereocenters. The van der Waals surface area contributed by atoms with Crippen LogP contribution in [0.5, 0.6) is 11.5 Å². The molecule has 1 aromatic heterocycles. The SMILES string of the molecule is CCOc1cc(C=NNC(=O)c2[nH]c3c(C)cccc3c2-c2ccccc2Cl)ccc1OC(=O)c1ccc(Cl)cc1Cl. The Hall–Kier alpha value is -4.30. The lowest BCUT2D eigenvalue weighted by molar-refractivity contribution is 0.0728. The Bertz CT molecular complexity index is 1850. The minimum atomic E-state index is -0.658. The van der Waals surface area contributed by atoms with Gasteiger partial charge in [-0.1, -0.05) is 71.2 Å². The van der Waals surface area contributed by atoms with Crippen LogP contribution in [0.2, 0.25) is 15.1 Å². The number of hydrogen-bond donors (Lipinski definition) is 2. The molecule has 0 fully saturated rings. The van der Waals surface area contributed by atoms with Crippen LogP contribution in [0.1, 0.15) is 38.9 Å². The molecule has 5 aromatic rings. The van der Waals surface area contributed by atoms with Crippen LogP contribution in [0.25, 0.3) is 22.0 Å². The number of rotatable bonds is 8. The summed E-state index contributed by atoms with van der Waals surface area (Å²) >= 11 is 18.6. The first kappa shape index (κ1) is 29.2. The summed E-state index contributed by atoms with van der Waals surface area (Å²) in [7, 11) is 0. The molecule has 0 aliphatic rings. The molecule has 4 aromatic carbocycles. The van der Waals surface area contributed by atoms with Gasteiger partial charge in [0.2, 0.25) is 0 Å². The molecule has 0 unspecified atom stereocenters. The lowest BCUT2D eigenvalue weighted by Gasteiger charge is -2.12. The molecule has 2 N–H and O–H groups in total. The third-order valence-corrected chi connectivity index (χ3v) is 7.29. The maximum atomic E-state index is 13.3. The van der Waals surface area contributed by atoms with Gasteiger partial charge in [-0.3, -0.25) is 4.79 Å². The summed E-state index contributed by atoms with van der Waals surface area (Å²) in [5.74, 6) is -0.577. The summed E-state index contributed by atoms with van der Waals surface area (Å²) in [6.07, 6.45) is 1.46. The maximum absolute atomic E-state index is 13.3. The van der Waals surface area contributed by atoms with Crippen LogP contribution in [-0.4, -0.2) is 29.7 Å². The Balaban J connectivity index is 1.38. The molecule has 0 spiro atoms. The van der Waals surface area contributed by atoms with Crippen LogP contribution < -0.4 is 14.9 Å². The van der Waals surface area contributed by atoms with Crippen LogP contribution in [0.15, 0.2) is 84.0 Å². The third-order valence-electron chi connectivity index (χ3n) is 6.41. The van der Waals surface area contributed by atoms with E-state index in [-0.39, 0.29) is 16.3 Å². The van der Waals surface area contributed by atoms with Gasteiger partial charge in [-0.2, -0.15) is 5.10 Å². The van der Waals surface area contributed by atoms with Gasteiger partial charge in [0.15, 0.2) is 11.5 Å². The van der Waals surface area contributed by atoms with Crippen molar-refractivity contribution in [1.82, 2.24) is 10.4 Å². The number of benzene rings is 4. The number of hydrogen-bond acceptors (Lipinski definition) is 5. The van der Waals surface area contributed by atoms with Crippen LogP contribution in [0.4, 0.5) is 0 Å². The number of nitrogens with zero attached hydrogens (tertiary/aromatic N) is 1. The minimum Gasteiger partial charge on any atom is -0.490 e. The van der Waals surface area contributed by atoms with E-state index < -0.39 is 11.9 Å². The van der Waals surface area contributed by atoms with Gasteiger partial charge in [0.1, 0.15) is 5.69 Å². The van der Waals surface area contributed by atoms with Crippen molar-refractivity contribution in [1.29, 1.82) is 0 Å². The zero-order valence-electron chi connectivity index (χ0n) is 22.5. The van der Waals surface area contributed by atoms with E-state index in [0.29, 0.717) is 39.2 Å². The van der Waals surface area contributed by atoms with Gasteiger partial charge >= 0.3 is 5.97 Å². The van der Waals surface area contributed by atoms with E-state index >= 15 is 0 Å². The number of amides is 1. The Kier molecular flexibility index (Phi) is 8.83. The van der Waals surface area contributed by atoms with E-state index in [1.54, 1.807) is 37.3 Å². The molecule has 7 nitrogen and oxygen atoms in total. The van der Waals surface area contributed by atoms with Crippen molar-refractivity contribution in [3.05, 3.63) is 116 Å². The second-order valence-electron chi connectivity index (χ2n) is 9.20. The van der Waals surface area contributed by atoms with Crippen molar-refractivity contribution in [2.24, 2.45) is 5.10 Å². The number of halogens is 3. The third kappa shape index (κ3) is 6.14. The van der Waals surface area contributed by atoms with Gasteiger partial charge in [0.25, 0.3) is 5.91 Å². The quantitative estimate of drug-likeness (QED) is 0.0787. The summed E-state index contributed by atoms with van der Waals surface area (Å²) in [5.41, 5.74) is 6.95. The van der Waals surface area contributed by atoms with E-state index in [1.807, 2.05) is 43.3 Å². The molecule has 1 amide bonds. The zero-order chi connectivity index (χ0) is 29.8. The number of aromatic nitrogens is 1. The Morgan fingerprint density at radius 1 is 0.929 bits per heavy atom. The molecule has 0 saturated carbocycles. The standard InChI is InChI=1S/C32H24Cl3N3O4/c1-3-41-27-15-19(11-14-26(27)42-32(40)22-13-12-20(33)16-25(22)35)17-36-38-31(39)30-28(21-8-4-5-10-24(21)34)23-9-6-7-18(2)29(23)37-30/h4-17,37H,3H2,1-2H3,(H,38,39). The summed E-state index contributed by atoms with van der Waals surface area (Å²) < 4.78 is 11.2. The van der Waals surface area contributed by atoms with Gasteiger partial charge in [0.05, 0.1) is 23.4 Å². The number of ether oxygens (including phenoxy) is 2. The van der Waals surface area contributed by atoms with E-state index in [1.165, 1.54) is 18.3 Å². The number of aryl methyl sites for hydroxylation is 1. The Morgan fingerprint density at radius 2 is 1.74 bits per heavy atom. The molecule has 0 saturated heterocycles. The Labute approximate surface area is 257 Å². The fraction of sp³-hybridized carbons (Fsp3) is 0.0938. The molecule has 0 bridgehead atoms. The molecule has 0 aliphatic heterocycles. The highest BCUT2D eigenvalue weighted by Gasteiger charge is 2.21. The van der Waals surface area contributed by atoms with E-state index in [4.69, 9.17) is 44.3 Å². The number of hydrazone groups is 1. The molecule has 42 heavy (non-hydrogen) atoms. The van der Waals surface area contributed by atoms with E-state index in [2.05, 4.69) is 15.5 Å². The molecule has 212 valence electrons. The van der Waals surface area contributed by atoms with Gasteiger partial charge in [-0.05, 0) is 67.4 Å². The van der Waals surface area contributed by atoms with Gasteiger partial charge in [-0.15, -0.1) is 0 Å². The van der Waals surface area contributed by atoms with Gasteiger partial charge in [0, 0.05) is 32.1 Å². The largest absolute Gasteiger partial charge is 0.490 e. The van der Waals surface area contributed by atoms with Gasteiger partial charge < -0.3 is 14.5 Å². The van der Waals surface area contributed by atoms with Crippen molar-refractivity contribution in [2.45, 2.75) is 13.8 Å². The summed E-state index contributed by atoms with van der Waals surface area (Å²) in [6, 6.07) is 22.6. The zero-order valence-corrected chi connectivity index (χ0v) is 24.8. The first-order valence-corrected chi connectivity index (χ1v) is 14.0. The van der Waals surface area contributed by atoms with Crippen molar-refractivity contribution < 1.29 is 19.1 Å². The smallest absolute Gasteiger partial charge is 0.345 e. The lowest BCUT2D eigenvalue weighted by Crippen LogP contribution is -2.19. The molecule has 5 rings (SSSR count). The highest BCUT2D eigenvalue weighted by Crippen LogP contribution is 2.37. The minimum absolute atomic E-state index is 0.167. The number of carbonyl (C=O) groups is 2. The second-order valence-corrected chi connectivity index (χ2v) is 10.5. The van der Waals surface area contributed by atoms with Crippen LogP contribution in [-0.2, 0) is 0 Å². The lowest BCUT2D eigenvalue weighted by atomic mass is 10.0. The predicted octanol–water partition coefficient (Wildman–Crippen LogP) is 8.49. The topological polar surface area (TPSA) is 92.8 Å². The first-order chi connectivity index (χ1) is 20.3. The van der Waals surface area contributed by atoms with Gasteiger partial charge in [-0.25, -0.2) is 10.2 Å². The average Bonchev–Trinajstić information content (AvgIpc) is 3.35. The number of H-pyrrole nitrogens is 1. The van der Waals surface area contributed by atoms with Crippen molar-refractivity contribution in [2.75, 3.05) is 6.61 Å². The number of para-hydroxylation sites is 1. The van der Waals surface area contributed by atoms with E-state index in [9.17, 15) is 9.59 Å². The van der Waals surface area contributed by atoms with Crippen LogP contribution in [0.3, 0.4) is 0 Å². The first-order valence-electron chi connectivity index (χ1n) is 12.9.